The molecule has 3 heteroatoms. The van der Waals surface area contributed by atoms with Gasteiger partial charge in [0.25, 0.3) is 0 Å². The van der Waals surface area contributed by atoms with Crippen LogP contribution < -0.4 is 4.90 Å². The van der Waals surface area contributed by atoms with E-state index in [1.165, 1.54) is 0 Å². The molecular weight excluding hydrogens is 116 g/mol. The van der Waals surface area contributed by atoms with Crippen molar-refractivity contribution >= 4 is 5.88 Å². The molecule has 0 N–H and O–H groups in total. The first-order valence-electron chi connectivity index (χ1n) is 2.81. The summed E-state index contributed by atoms with van der Waals surface area (Å²) in [6.45, 7) is 1.90. The van der Waals surface area contributed by atoms with Gasteiger partial charge in [0.1, 0.15) is 0 Å². The topological polar surface area (TPSA) is 29.3 Å². The molecule has 0 unspecified atom stereocenters. The molecule has 0 aromatic carbocycles. The highest BCUT2D eigenvalue weighted by molar-refractivity contribution is 5.32. The van der Waals surface area contributed by atoms with Gasteiger partial charge in [-0.15, -0.1) is 0 Å². The van der Waals surface area contributed by atoms with Crippen LogP contribution in [-0.4, -0.2) is 19.3 Å². The third-order valence-corrected chi connectivity index (χ3v) is 1.06. The van der Waals surface area contributed by atoms with Crippen LogP contribution >= 0.6 is 0 Å². The minimum atomic E-state index is 0.799. The van der Waals surface area contributed by atoms with Gasteiger partial charge in [0.15, 0.2) is 0 Å². The van der Waals surface area contributed by atoms with Gasteiger partial charge in [-0.25, -0.2) is 0 Å². The number of anilines is 1. The second-order valence-electron chi connectivity index (χ2n) is 2.20. The van der Waals surface area contributed by atoms with Crippen molar-refractivity contribution in [3.05, 3.63) is 11.8 Å². The molecule has 9 heavy (non-hydrogen) atoms. The number of aryl methyl sites for hydroxylation is 1. The van der Waals surface area contributed by atoms with Crippen LogP contribution in [-0.2, 0) is 0 Å². The van der Waals surface area contributed by atoms with Crippen molar-refractivity contribution in [1.82, 2.24) is 5.16 Å². The molecule has 0 bridgehead atoms. The standard InChI is InChI=1S/C6H10N2O/c1-5-4-6(8(2)3)9-7-5/h4H,1-3H3. The molecule has 0 saturated carbocycles. The van der Waals surface area contributed by atoms with Crippen LogP contribution in [0.1, 0.15) is 5.69 Å². The Morgan fingerprint density at radius 3 is 2.44 bits per heavy atom. The lowest BCUT2D eigenvalue weighted by molar-refractivity contribution is 0.419. The van der Waals surface area contributed by atoms with Crippen LogP contribution in [0, 0.1) is 6.92 Å². The predicted molar refractivity (Wildman–Crippen MR) is 35.6 cm³/mol. The Morgan fingerprint density at radius 1 is 1.56 bits per heavy atom. The molecule has 0 aliphatic rings. The number of aromatic nitrogens is 1. The zero-order valence-electron chi connectivity index (χ0n) is 5.88. The van der Waals surface area contributed by atoms with E-state index < -0.39 is 0 Å². The van der Waals surface area contributed by atoms with Gasteiger partial charge in [-0.1, -0.05) is 5.16 Å². The molecule has 0 spiro atoms. The zero-order chi connectivity index (χ0) is 6.85. The highest BCUT2D eigenvalue weighted by atomic mass is 16.5. The summed E-state index contributed by atoms with van der Waals surface area (Å²) in [5, 5.41) is 3.72. The van der Waals surface area contributed by atoms with Crippen molar-refractivity contribution in [2.24, 2.45) is 0 Å². The molecule has 0 radical (unpaired) electrons. The molecule has 0 atom stereocenters. The number of nitrogens with zero attached hydrogens (tertiary/aromatic N) is 2. The van der Waals surface area contributed by atoms with Gasteiger partial charge in [0, 0.05) is 20.2 Å². The molecule has 50 valence electrons. The molecule has 0 amide bonds. The summed E-state index contributed by atoms with van der Waals surface area (Å²) in [5.41, 5.74) is 0.915. The average molecular weight is 126 g/mol. The third-order valence-electron chi connectivity index (χ3n) is 1.06. The van der Waals surface area contributed by atoms with Crippen molar-refractivity contribution in [1.29, 1.82) is 0 Å². The Bertz CT molecular complexity index is 193. The van der Waals surface area contributed by atoms with E-state index in [2.05, 4.69) is 5.16 Å². The predicted octanol–water partition coefficient (Wildman–Crippen LogP) is 1.05. The molecular formula is C6H10N2O. The first kappa shape index (κ1) is 6.13. The molecule has 0 aliphatic heterocycles. The van der Waals surface area contributed by atoms with Crippen molar-refractivity contribution in [3.8, 4) is 0 Å². The average Bonchev–Trinajstić information content (AvgIpc) is 2.14. The second kappa shape index (κ2) is 2.09. The molecule has 1 aromatic heterocycles. The Labute approximate surface area is 54.3 Å². The van der Waals surface area contributed by atoms with Crippen LogP contribution in [0.3, 0.4) is 0 Å². The maximum absolute atomic E-state index is 4.90. The van der Waals surface area contributed by atoms with Gasteiger partial charge < -0.3 is 9.42 Å². The van der Waals surface area contributed by atoms with E-state index >= 15 is 0 Å². The summed E-state index contributed by atoms with van der Waals surface area (Å²) in [6, 6.07) is 1.89. The molecule has 0 aliphatic carbocycles. The maximum Gasteiger partial charge on any atom is 0.226 e. The number of rotatable bonds is 1. The Balaban J connectivity index is 2.85. The van der Waals surface area contributed by atoms with Gasteiger partial charge >= 0.3 is 0 Å². The summed E-state index contributed by atoms with van der Waals surface area (Å²) >= 11 is 0. The Hall–Kier alpha value is -0.990. The van der Waals surface area contributed by atoms with E-state index in [0.29, 0.717) is 0 Å². The van der Waals surface area contributed by atoms with E-state index in [-0.39, 0.29) is 0 Å². The van der Waals surface area contributed by atoms with Gasteiger partial charge in [0.2, 0.25) is 5.88 Å². The molecule has 3 nitrogen and oxygen atoms in total. The zero-order valence-corrected chi connectivity index (χ0v) is 5.88. The lowest BCUT2D eigenvalue weighted by Crippen LogP contribution is -2.06. The SMILES string of the molecule is Cc1cc(N(C)C)on1. The minimum Gasteiger partial charge on any atom is -0.347 e. The van der Waals surface area contributed by atoms with Crippen LogP contribution in [0.25, 0.3) is 0 Å². The molecule has 1 aromatic rings. The lowest BCUT2D eigenvalue weighted by Gasteiger charge is -2.03. The fourth-order valence-electron chi connectivity index (χ4n) is 0.561. The van der Waals surface area contributed by atoms with Crippen LogP contribution in [0.5, 0.6) is 0 Å². The number of hydrogen-bond acceptors (Lipinski definition) is 3. The normalized spacial score (nSPS) is 9.67. The number of hydrogen-bond donors (Lipinski definition) is 0. The van der Waals surface area contributed by atoms with Gasteiger partial charge in [0.05, 0.1) is 5.69 Å². The van der Waals surface area contributed by atoms with Gasteiger partial charge in [-0.05, 0) is 6.92 Å². The van der Waals surface area contributed by atoms with E-state index in [4.69, 9.17) is 4.52 Å². The van der Waals surface area contributed by atoms with Crippen molar-refractivity contribution in [2.75, 3.05) is 19.0 Å². The highest BCUT2D eigenvalue weighted by Crippen LogP contribution is 2.10. The Kier molecular flexibility index (Phi) is 1.42. The quantitative estimate of drug-likeness (QED) is 0.563. The maximum atomic E-state index is 4.90. The fourth-order valence-corrected chi connectivity index (χ4v) is 0.561. The minimum absolute atomic E-state index is 0.799. The van der Waals surface area contributed by atoms with Crippen molar-refractivity contribution < 1.29 is 4.52 Å². The fraction of sp³-hybridized carbons (Fsp3) is 0.500. The molecule has 1 rings (SSSR count). The Morgan fingerprint density at radius 2 is 2.22 bits per heavy atom. The molecule has 0 saturated heterocycles. The first-order valence-corrected chi connectivity index (χ1v) is 2.81. The van der Waals surface area contributed by atoms with Crippen LogP contribution in [0.15, 0.2) is 10.6 Å². The van der Waals surface area contributed by atoms with E-state index in [1.54, 1.807) is 0 Å². The van der Waals surface area contributed by atoms with Crippen LogP contribution in [0.2, 0.25) is 0 Å². The molecule has 0 fully saturated rings. The van der Waals surface area contributed by atoms with E-state index in [9.17, 15) is 0 Å². The largest absolute Gasteiger partial charge is 0.347 e. The summed E-state index contributed by atoms with van der Waals surface area (Å²) in [6.07, 6.45) is 0. The van der Waals surface area contributed by atoms with Crippen LogP contribution in [0.4, 0.5) is 5.88 Å². The molecule has 1 heterocycles. The second-order valence-corrected chi connectivity index (χ2v) is 2.20. The summed E-state index contributed by atoms with van der Waals surface area (Å²) in [4.78, 5) is 1.88. The van der Waals surface area contributed by atoms with Gasteiger partial charge in [-0.3, -0.25) is 0 Å². The summed E-state index contributed by atoms with van der Waals surface area (Å²) in [7, 11) is 3.83. The monoisotopic (exact) mass is 126 g/mol. The van der Waals surface area contributed by atoms with Gasteiger partial charge in [-0.2, -0.15) is 0 Å². The third kappa shape index (κ3) is 1.22. The van der Waals surface area contributed by atoms with E-state index in [0.717, 1.165) is 11.6 Å². The lowest BCUT2D eigenvalue weighted by atomic mass is 10.5. The van der Waals surface area contributed by atoms with Crippen molar-refractivity contribution in [2.45, 2.75) is 6.92 Å². The highest BCUT2D eigenvalue weighted by Gasteiger charge is 1.99. The van der Waals surface area contributed by atoms with E-state index in [1.807, 2.05) is 32.0 Å². The first-order chi connectivity index (χ1) is 4.20. The van der Waals surface area contributed by atoms with Crippen molar-refractivity contribution in [3.63, 3.8) is 0 Å². The smallest absolute Gasteiger partial charge is 0.226 e. The summed E-state index contributed by atoms with van der Waals surface area (Å²) in [5.74, 6) is 0.799. The summed E-state index contributed by atoms with van der Waals surface area (Å²) < 4.78 is 4.90.